The molecule has 0 unspecified atom stereocenters. The average Bonchev–Trinajstić information content (AvgIpc) is 2.68. The lowest BCUT2D eigenvalue weighted by Crippen LogP contribution is -2.06. The van der Waals surface area contributed by atoms with E-state index in [1.807, 2.05) is 6.07 Å². The first-order chi connectivity index (χ1) is 9.52. The maximum absolute atomic E-state index is 13.7. The zero-order chi connectivity index (χ0) is 14.7. The Morgan fingerprint density at radius 1 is 1.35 bits per heavy atom. The fourth-order valence-corrected chi connectivity index (χ4v) is 2.65. The molecule has 110 valence electrons. The molecule has 0 atom stereocenters. The van der Waals surface area contributed by atoms with Crippen LogP contribution >= 0.6 is 11.6 Å². The zero-order valence-corrected chi connectivity index (χ0v) is 13.2. The maximum Gasteiger partial charge on any atom is 0.128 e. The van der Waals surface area contributed by atoms with Crippen LogP contribution in [-0.2, 0) is 13.0 Å². The highest BCUT2D eigenvalue weighted by atomic mass is 35.5. The molecule has 1 aromatic carbocycles. The minimum Gasteiger partial charge on any atom is -0.328 e. The molecule has 0 aliphatic rings. The summed E-state index contributed by atoms with van der Waals surface area (Å²) in [5.41, 5.74) is 2.42. The quantitative estimate of drug-likeness (QED) is 0.706. The van der Waals surface area contributed by atoms with E-state index in [2.05, 4.69) is 23.4 Å². The fraction of sp³-hybridized carbons (Fsp3) is 0.562. The summed E-state index contributed by atoms with van der Waals surface area (Å²) in [5, 5.41) is 0. The predicted octanol–water partition coefficient (Wildman–Crippen LogP) is 4.70. The number of hydrogen-bond donors (Lipinski definition) is 0. The Morgan fingerprint density at radius 2 is 2.10 bits per heavy atom. The molecule has 4 heteroatoms. The summed E-state index contributed by atoms with van der Waals surface area (Å²) in [5.74, 6) is 2.00. The molecule has 0 radical (unpaired) electrons. The molecule has 0 aliphatic heterocycles. The second-order valence-electron chi connectivity index (χ2n) is 5.74. The minimum absolute atomic E-state index is 0.193. The highest BCUT2D eigenvalue weighted by molar-refractivity contribution is 6.17. The van der Waals surface area contributed by atoms with Gasteiger partial charge in [-0.2, -0.15) is 0 Å². The Balaban J connectivity index is 2.37. The molecule has 0 saturated carbocycles. The third-order valence-corrected chi connectivity index (χ3v) is 3.78. The van der Waals surface area contributed by atoms with Crippen LogP contribution in [0.4, 0.5) is 4.39 Å². The molecule has 0 aliphatic carbocycles. The summed E-state index contributed by atoms with van der Waals surface area (Å²) in [4.78, 5) is 4.54. The Morgan fingerprint density at radius 3 is 2.75 bits per heavy atom. The van der Waals surface area contributed by atoms with Crippen molar-refractivity contribution in [3.63, 3.8) is 0 Å². The summed E-state index contributed by atoms with van der Waals surface area (Å²) in [7, 11) is 0. The molecule has 2 aromatic rings. The molecule has 0 bridgehead atoms. The number of nitrogens with zero attached hydrogens (tertiary/aromatic N) is 2. The average molecular weight is 297 g/mol. The van der Waals surface area contributed by atoms with E-state index in [1.165, 1.54) is 12.5 Å². The van der Waals surface area contributed by atoms with Gasteiger partial charge in [-0.25, -0.2) is 9.37 Å². The van der Waals surface area contributed by atoms with Gasteiger partial charge in [0.2, 0.25) is 0 Å². The Hall–Kier alpha value is -1.09. The van der Waals surface area contributed by atoms with Crippen molar-refractivity contribution in [2.45, 2.75) is 46.6 Å². The largest absolute Gasteiger partial charge is 0.328 e. The number of halogens is 2. The third-order valence-electron chi connectivity index (χ3n) is 3.59. The lowest BCUT2D eigenvalue weighted by atomic mass is 10.1. The van der Waals surface area contributed by atoms with Gasteiger partial charge in [0.05, 0.1) is 11.0 Å². The van der Waals surface area contributed by atoms with Gasteiger partial charge in [0.25, 0.3) is 0 Å². The van der Waals surface area contributed by atoms with Crippen LogP contribution in [0.25, 0.3) is 11.0 Å². The lowest BCUT2D eigenvalue weighted by Gasteiger charge is -2.10. The SMILES string of the molecule is Cc1cc2c(cc1F)nc(CCCl)n2CCCC(C)C. The molecule has 0 fully saturated rings. The van der Waals surface area contributed by atoms with Crippen LogP contribution < -0.4 is 0 Å². The van der Waals surface area contributed by atoms with E-state index in [0.29, 0.717) is 17.4 Å². The minimum atomic E-state index is -0.193. The first-order valence-electron chi connectivity index (χ1n) is 7.24. The van der Waals surface area contributed by atoms with Crippen molar-refractivity contribution >= 4 is 22.6 Å². The monoisotopic (exact) mass is 296 g/mol. The Labute approximate surface area is 125 Å². The number of aromatic nitrogens is 2. The molecule has 2 rings (SSSR count). The van der Waals surface area contributed by atoms with E-state index in [9.17, 15) is 4.39 Å². The third kappa shape index (κ3) is 3.32. The fourth-order valence-electron chi connectivity index (χ4n) is 2.48. The van der Waals surface area contributed by atoms with Crippen LogP contribution in [0, 0.1) is 18.7 Å². The Kier molecular flexibility index (Phi) is 5.03. The second kappa shape index (κ2) is 6.57. The van der Waals surface area contributed by atoms with E-state index in [-0.39, 0.29) is 5.82 Å². The molecular weight excluding hydrogens is 275 g/mol. The first-order valence-corrected chi connectivity index (χ1v) is 7.77. The van der Waals surface area contributed by atoms with Gasteiger partial charge in [-0.1, -0.05) is 13.8 Å². The van der Waals surface area contributed by atoms with Crippen molar-refractivity contribution in [1.82, 2.24) is 9.55 Å². The number of fused-ring (bicyclic) bond motifs is 1. The summed E-state index contributed by atoms with van der Waals surface area (Å²) < 4.78 is 15.9. The van der Waals surface area contributed by atoms with Crippen LogP contribution in [0.1, 0.15) is 38.1 Å². The molecule has 1 heterocycles. The number of benzene rings is 1. The van der Waals surface area contributed by atoms with E-state index in [1.54, 1.807) is 6.92 Å². The van der Waals surface area contributed by atoms with Gasteiger partial charge in [0.15, 0.2) is 0 Å². The summed E-state index contributed by atoms with van der Waals surface area (Å²) in [6.45, 7) is 7.17. The number of alkyl halides is 1. The van der Waals surface area contributed by atoms with Gasteiger partial charge in [-0.15, -0.1) is 11.6 Å². The number of hydrogen-bond acceptors (Lipinski definition) is 1. The standard InChI is InChI=1S/C16H22ClFN2/c1-11(2)5-4-8-20-15-9-12(3)13(18)10-14(15)19-16(20)6-7-17/h9-11H,4-8H2,1-3H3. The molecule has 0 amide bonds. The van der Waals surface area contributed by atoms with Crippen molar-refractivity contribution in [1.29, 1.82) is 0 Å². The summed E-state index contributed by atoms with van der Waals surface area (Å²) in [6.07, 6.45) is 3.01. The van der Waals surface area contributed by atoms with Crippen molar-refractivity contribution in [3.8, 4) is 0 Å². The number of aryl methyl sites for hydroxylation is 3. The topological polar surface area (TPSA) is 17.8 Å². The van der Waals surface area contributed by atoms with Gasteiger partial charge in [0, 0.05) is 24.9 Å². The van der Waals surface area contributed by atoms with E-state index in [0.717, 1.165) is 36.2 Å². The van der Waals surface area contributed by atoms with Gasteiger partial charge in [-0.05, 0) is 37.3 Å². The molecule has 1 aromatic heterocycles. The number of imidazole rings is 1. The molecule has 2 nitrogen and oxygen atoms in total. The van der Waals surface area contributed by atoms with Gasteiger partial charge in [-0.3, -0.25) is 0 Å². The van der Waals surface area contributed by atoms with Crippen molar-refractivity contribution < 1.29 is 4.39 Å². The van der Waals surface area contributed by atoms with Crippen LogP contribution in [0.3, 0.4) is 0 Å². The molecule has 0 saturated heterocycles. The van der Waals surface area contributed by atoms with Crippen molar-refractivity contribution in [2.24, 2.45) is 5.92 Å². The van der Waals surface area contributed by atoms with Crippen molar-refractivity contribution in [2.75, 3.05) is 5.88 Å². The smallest absolute Gasteiger partial charge is 0.128 e. The van der Waals surface area contributed by atoms with Gasteiger partial charge >= 0.3 is 0 Å². The highest BCUT2D eigenvalue weighted by Crippen LogP contribution is 2.22. The summed E-state index contributed by atoms with van der Waals surface area (Å²) >= 11 is 5.86. The van der Waals surface area contributed by atoms with E-state index in [4.69, 9.17) is 11.6 Å². The van der Waals surface area contributed by atoms with Gasteiger partial charge in [0.1, 0.15) is 11.6 Å². The van der Waals surface area contributed by atoms with Crippen LogP contribution in [-0.4, -0.2) is 15.4 Å². The van der Waals surface area contributed by atoms with Crippen LogP contribution in [0.2, 0.25) is 0 Å². The van der Waals surface area contributed by atoms with Crippen LogP contribution in [0.15, 0.2) is 12.1 Å². The van der Waals surface area contributed by atoms with Crippen molar-refractivity contribution in [3.05, 3.63) is 29.3 Å². The molecule has 0 N–H and O–H groups in total. The molecular formula is C16H22ClFN2. The normalized spacial score (nSPS) is 11.7. The highest BCUT2D eigenvalue weighted by Gasteiger charge is 2.12. The second-order valence-corrected chi connectivity index (χ2v) is 6.12. The molecule has 20 heavy (non-hydrogen) atoms. The van der Waals surface area contributed by atoms with Crippen LogP contribution in [0.5, 0.6) is 0 Å². The van der Waals surface area contributed by atoms with Gasteiger partial charge < -0.3 is 4.57 Å². The maximum atomic E-state index is 13.7. The Bertz CT molecular complexity index is 590. The van der Waals surface area contributed by atoms with E-state index < -0.39 is 0 Å². The first kappa shape index (κ1) is 15.3. The van der Waals surface area contributed by atoms with E-state index >= 15 is 0 Å². The number of rotatable bonds is 6. The lowest BCUT2D eigenvalue weighted by molar-refractivity contribution is 0.510. The zero-order valence-electron chi connectivity index (χ0n) is 12.4. The summed E-state index contributed by atoms with van der Waals surface area (Å²) in [6, 6.07) is 3.42. The predicted molar refractivity (Wildman–Crippen MR) is 82.9 cm³/mol. The molecule has 0 spiro atoms.